The number of fused-ring (bicyclic) bond motifs is 1. The molecule has 2 atom stereocenters. The molecule has 1 heterocycles. The van der Waals surface area contributed by atoms with E-state index >= 15 is 0 Å². The quantitative estimate of drug-likeness (QED) is 0.765. The van der Waals surface area contributed by atoms with Crippen LogP contribution < -0.4 is 5.73 Å². The Morgan fingerprint density at radius 3 is 2.71 bits per heavy atom. The van der Waals surface area contributed by atoms with Crippen LogP contribution in [-0.2, 0) is 5.60 Å². The first-order valence-corrected chi connectivity index (χ1v) is 5.54. The van der Waals surface area contributed by atoms with Crippen molar-refractivity contribution in [2.24, 2.45) is 5.73 Å². The molecule has 1 aliphatic carbocycles. The third-order valence-electron chi connectivity index (χ3n) is 3.36. The van der Waals surface area contributed by atoms with Gasteiger partial charge in [0.2, 0.25) is 0 Å². The van der Waals surface area contributed by atoms with Crippen LogP contribution in [0.5, 0.6) is 0 Å². The van der Waals surface area contributed by atoms with E-state index in [1.54, 1.807) is 12.4 Å². The number of aliphatic hydroxyl groups is 1. The van der Waals surface area contributed by atoms with Crippen molar-refractivity contribution in [3.8, 4) is 0 Å². The molecule has 3 rings (SSSR count). The number of aromatic nitrogens is 2. The van der Waals surface area contributed by atoms with Gasteiger partial charge in [0.1, 0.15) is 11.9 Å². The largest absolute Gasteiger partial charge is 0.380 e. The van der Waals surface area contributed by atoms with Gasteiger partial charge in [0.25, 0.3) is 0 Å². The van der Waals surface area contributed by atoms with Crippen LogP contribution in [0.25, 0.3) is 0 Å². The third-order valence-corrected chi connectivity index (χ3v) is 3.36. The molecule has 2 unspecified atom stereocenters. The molecule has 3 N–H and O–H groups in total. The van der Waals surface area contributed by atoms with Crippen molar-refractivity contribution in [3.63, 3.8) is 0 Å². The number of nitrogens with zero attached hydrogens (tertiary/aromatic N) is 2. The molecular formula is C13H13N3O. The normalized spacial score (nSPS) is 26.8. The fraction of sp³-hybridized carbons (Fsp3) is 0.231. The van der Waals surface area contributed by atoms with E-state index in [4.69, 9.17) is 5.73 Å². The van der Waals surface area contributed by atoms with Gasteiger partial charge in [-0.1, -0.05) is 24.3 Å². The highest BCUT2D eigenvalue weighted by molar-refractivity contribution is 5.45. The first kappa shape index (κ1) is 10.4. The molecule has 0 saturated carbocycles. The molecule has 1 aromatic heterocycles. The number of benzene rings is 1. The minimum absolute atomic E-state index is 0.142. The second kappa shape index (κ2) is 3.61. The standard InChI is InChI=1S/C13H13N3O/c14-12-5-13(17,9-6-15-8-16-7-9)11-4-2-1-3-10(11)12/h1-4,6-8,12,17H,5,14H2. The van der Waals surface area contributed by atoms with E-state index < -0.39 is 5.60 Å². The van der Waals surface area contributed by atoms with E-state index in [1.807, 2.05) is 24.3 Å². The molecule has 17 heavy (non-hydrogen) atoms. The average molecular weight is 227 g/mol. The highest BCUT2D eigenvalue weighted by Crippen LogP contribution is 2.45. The third kappa shape index (κ3) is 1.45. The van der Waals surface area contributed by atoms with Gasteiger partial charge >= 0.3 is 0 Å². The lowest BCUT2D eigenvalue weighted by Gasteiger charge is -2.23. The van der Waals surface area contributed by atoms with E-state index in [9.17, 15) is 5.11 Å². The van der Waals surface area contributed by atoms with Crippen molar-refractivity contribution >= 4 is 0 Å². The van der Waals surface area contributed by atoms with Crippen LogP contribution in [-0.4, -0.2) is 15.1 Å². The highest BCUT2D eigenvalue weighted by atomic mass is 16.3. The van der Waals surface area contributed by atoms with Crippen molar-refractivity contribution in [1.82, 2.24) is 9.97 Å². The molecular weight excluding hydrogens is 214 g/mol. The van der Waals surface area contributed by atoms with Gasteiger partial charge < -0.3 is 10.8 Å². The van der Waals surface area contributed by atoms with Gasteiger partial charge in [-0.15, -0.1) is 0 Å². The number of rotatable bonds is 1. The topological polar surface area (TPSA) is 72.0 Å². The molecule has 0 spiro atoms. The van der Waals surface area contributed by atoms with Crippen molar-refractivity contribution in [2.45, 2.75) is 18.1 Å². The lowest BCUT2D eigenvalue weighted by Crippen LogP contribution is -2.25. The molecule has 1 aliphatic rings. The van der Waals surface area contributed by atoms with E-state index in [0.29, 0.717) is 12.0 Å². The van der Waals surface area contributed by atoms with Crippen molar-refractivity contribution in [3.05, 3.63) is 59.7 Å². The van der Waals surface area contributed by atoms with Gasteiger partial charge in [0, 0.05) is 30.4 Å². The summed E-state index contributed by atoms with van der Waals surface area (Å²) >= 11 is 0. The maximum absolute atomic E-state index is 10.8. The molecule has 0 amide bonds. The second-order valence-electron chi connectivity index (χ2n) is 4.39. The predicted molar refractivity (Wildman–Crippen MR) is 63.0 cm³/mol. The average Bonchev–Trinajstić information content (AvgIpc) is 2.65. The lowest BCUT2D eigenvalue weighted by molar-refractivity contribution is 0.0768. The Balaban J connectivity index is 2.18. The summed E-state index contributed by atoms with van der Waals surface area (Å²) in [7, 11) is 0. The molecule has 4 nitrogen and oxygen atoms in total. The summed E-state index contributed by atoms with van der Waals surface area (Å²) < 4.78 is 0. The summed E-state index contributed by atoms with van der Waals surface area (Å²) in [5.41, 5.74) is 7.56. The van der Waals surface area contributed by atoms with Crippen LogP contribution in [0.15, 0.2) is 43.0 Å². The minimum Gasteiger partial charge on any atom is -0.380 e. The molecule has 2 aromatic rings. The number of nitrogens with two attached hydrogens (primary N) is 1. The molecule has 0 fully saturated rings. The van der Waals surface area contributed by atoms with Gasteiger partial charge in [0.05, 0.1) is 0 Å². The molecule has 86 valence electrons. The summed E-state index contributed by atoms with van der Waals surface area (Å²) in [6, 6.07) is 7.57. The maximum Gasteiger partial charge on any atom is 0.120 e. The molecule has 0 radical (unpaired) electrons. The Morgan fingerprint density at radius 1 is 1.24 bits per heavy atom. The molecule has 0 aliphatic heterocycles. The zero-order chi connectivity index (χ0) is 11.9. The first-order valence-electron chi connectivity index (χ1n) is 5.54. The molecule has 0 bridgehead atoms. The van der Waals surface area contributed by atoms with Crippen molar-refractivity contribution in [1.29, 1.82) is 0 Å². The van der Waals surface area contributed by atoms with E-state index in [1.165, 1.54) is 6.33 Å². The molecule has 4 heteroatoms. The van der Waals surface area contributed by atoms with Gasteiger partial charge in [0.15, 0.2) is 0 Å². The van der Waals surface area contributed by atoms with Gasteiger partial charge in [-0.2, -0.15) is 0 Å². The van der Waals surface area contributed by atoms with Crippen LogP contribution in [0.4, 0.5) is 0 Å². The van der Waals surface area contributed by atoms with Gasteiger partial charge in [-0.3, -0.25) is 0 Å². The van der Waals surface area contributed by atoms with Crippen LogP contribution in [0.2, 0.25) is 0 Å². The van der Waals surface area contributed by atoms with Crippen LogP contribution in [0, 0.1) is 0 Å². The predicted octanol–water partition coefficient (Wildman–Crippen LogP) is 1.12. The van der Waals surface area contributed by atoms with Crippen molar-refractivity contribution in [2.75, 3.05) is 0 Å². The Kier molecular flexibility index (Phi) is 2.21. The van der Waals surface area contributed by atoms with Crippen LogP contribution in [0.3, 0.4) is 0 Å². The first-order chi connectivity index (χ1) is 8.22. The zero-order valence-corrected chi connectivity index (χ0v) is 9.24. The van der Waals surface area contributed by atoms with E-state index in [0.717, 1.165) is 11.1 Å². The summed E-state index contributed by atoms with van der Waals surface area (Å²) in [6.45, 7) is 0. The monoisotopic (exact) mass is 227 g/mol. The van der Waals surface area contributed by atoms with Crippen molar-refractivity contribution < 1.29 is 5.11 Å². The Labute approximate surface area is 99.2 Å². The van der Waals surface area contributed by atoms with E-state index in [-0.39, 0.29) is 6.04 Å². The maximum atomic E-state index is 10.8. The fourth-order valence-corrected chi connectivity index (χ4v) is 2.52. The minimum atomic E-state index is -1.06. The molecule has 1 aromatic carbocycles. The number of hydrogen-bond donors (Lipinski definition) is 2. The summed E-state index contributed by atoms with van der Waals surface area (Å²) in [5, 5.41) is 10.8. The van der Waals surface area contributed by atoms with Gasteiger partial charge in [-0.25, -0.2) is 9.97 Å². The summed E-state index contributed by atoms with van der Waals surface area (Å²) in [4.78, 5) is 7.92. The Bertz CT molecular complexity index is 543. The molecule has 0 saturated heterocycles. The Morgan fingerprint density at radius 2 is 1.94 bits per heavy atom. The lowest BCUT2D eigenvalue weighted by atomic mass is 9.90. The highest BCUT2D eigenvalue weighted by Gasteiger charge is 2.42. The fourth-order valence-electron chi connectivity index (χ4n) is 2.52. The Hall–Kier alpha value is -1.78. The summed E-state index contributed by atoms with van der Waals surface area (Å²) in [5.74, 6) is 0. The summed E-state index contributed by atoms with van der Waals surface area (Å²) in [6.07, 6.45) is 5.21. The van der Waals surface area contributed by atoms with Crippen LogP contribution in [0.1, 0.15) is 29.2 Å². The van der Waals surface area contributed by atoms with Gasteiger partial charge in [-0.05, 0) is 11.1 Å². The zero-order valence-electron chi connectivity index (χ0n) is 9.24. The smallest absolute Gasteiger partial charge is 0.120 e. The SMILES string of the molecule is NC1CC(O)(c2cncnc2)c2ccccc21. The number of hydrogen-bond acceptors (Lipinski definition) is 4. The second-order valence-corrected chi connectivity index (χ2v) is 4.39. The van der Waals surface area contributed by atoms with Crippen LogP contribution >= 0.6 is 0 Å². The van der Waals surface area contributed by atoms with E-state index in [2.05, 4.69) is 9.97 Å².